The van der Waals surface area contributed by atoms with Crippen LogP contribution in [0.1, 0.15) is 36.1 Å². The van der Waals surface area contributed by atoms with Crippen LogP contribution in [0.3, 0.4) is 0 Å². The second kappa shape index (κ2) is 6.60. The lowest BCUT2D eigenvalue weighted by Gasteiger charge is -2.37. The lowest BCUT2D eigenvalue weighted by molar-refractivity contribution is 0.233. The number of hydrogen-bond donors (Lipinski definition) is 2. The largest absolute Gasteiger partial charge is 0.496 e. The number of hydrogen-bond acceptors (Lipinski definition) is 4. The van der Waals surface area contributed by atoms with Gasteiger partial charge in [-0.3, -0.25) is 4.90 Å². The van der Waals surface area contributed by atoms with Crippen LogP contribution >= 0.6 is 0 Å². The Hall–Kier alpha value is -2.04. The van der Waals surface area contributed by atoms with Gasteiger partial charge in [-0.05, 0) is 41.8 Å². The summed E-state index contributed by atoms with van der Waals surface area (Å²) in [6, 6.07) is 11.2. The Morgan fingerprint density at radius 1 is 1.08 bits per heavy atom. The summed E-state index contributed by atoms with van der Waals surface area (Å²) >= 11 is 0. The molecule has 138 valence electrons. The molecule has 0 unspecified atom stereocenters. The highest BCUT2D eigenvalue weighted by Gasteiger charge is 2.35. The second-order valence-corrected chi connectivity index (χ2v) is 8.05. The second-order valence-electron chi connectivity index (χ2n) is 8.05. The summed E-state index contributed by atoms with van der Waals surface area (Å²) in [5.74, 6) is 0.968. The third-order valence-corrected chi connectivity index (χ3v) is 5.73. The molecule has 4 nitrogen and oxygen atoms in total. The summed E-state index contributed by atoms with van der Waals surface area (Å²) in [5.41, 5.74) is 7.46. The summed E-state index contributed by atoms with van der Waals surface area (Å²) in [6.07, 6.45) is 0. The predicted octanol–water partition coefficient (Wildman–Crippen LogP) is 3.79. The molecular formula is C22H29N3O. The summed E-state index contributed by atoms with van der Waals surface area (Å²) in [6.45, 7) is 12.1. The fourth-order valence-corrected chi connectivity index (χ4v) is 4.38. The van der Waals surface area contributed by atoms with E-state index in [0.717, 1.165) is 44.2 Å². The van der Waals surface area contributed by atoms with Gasteiger partial charge in [0, 0.05) is 55.1 Å². The van der Waals surface area contributed by atoms with E-state index >= 15 is 0 Å². The van der Waals surface area contributed by atoms with Gasteiger partial charge in [-0.15, -0.1) is 0 Å². The van der Waals surface area contributed by atoms with E-state index in [1.807, 2.05) is 0 Å². The molecule has 0 saturated carbocycles. The molecule has 1 fully saturated rings. The van der Waals surface area contributed by atoms with Crippen molar-refractivity contribution < 1.29 is 4.74 Å². The zero-order valence-electron chi connectivity index (χ0n) is 16.3. The van der Waals surface area contributed by atoms with Gasteiger partial charge in [0.2, 0.25) is 0 Å². The third-order valence-electron chi connectivity index (χ3n) is 5.73. The molecule has 0 radical (unpaired) electrons. The lowest BCUT2D eigenvalue weighted by atomic mass is 9.73. The van der Waals surface area contributed by atoms with Crippen molar-refractivity contribution in [2.75, 3.05) is 38.6 Å². The summed E-state index contributed by atoms with van der Waals surface area (Å²) in [7, 11) is 1.77. The highest BCUT2D eigenvalue weighted by atomic mass is 16.5. The van der Waals surface area contributed by atoms with Gasteiger partial charge in [-0.2, -0.15) is 0 Å². The third kappa shape index (κ3) is 2.97. The minimum atomic E-state index is -0.103. The van der Waals surface area contributed by atoms with Crippen molar-refractivity contribution in [2.45, 2.75) is 32.7 Å². The molecule has 1 saturated heterocycles. The standard InChI is InChI=1S/C22H29N3O/c1-15-11-19-21(20(12-15)26-4)22(2,3)17-13-16(5-6-18(17)24-19)14-25-9-7-23-8-10-25/h5-6,11-13,23-24H,7-10,14H2,1-4H3. The average Bonchev–Trinajstić information content (AvgIpc) is 2.62. The van der Waals surface area contributed by atoms with Crippen LogP contribution in [0.4, 0.5) is 11.4 Å². The Morgan fingerprint density at radius 2 is 1.85 bits per heavy atom. The number of rotatable bonds is 3. The van der Waals surface area contributed by atoms with Crippen LogP contribution in [-0.4, -0.2) is 38.2 Å². The summed E-state index contributed by atoms with van der Waals surface area (Å²) < 4.78 is 5.74. The van der Waals surface area contributed by atoms with Crippen molar-refractivity contribution in [3.63, 3.8) is 0 Å². The van der Waals surface area contributed by atoms with Crippen molar-refractivity contribution in [3.8, 4) is 5.75 Å². The van der Waals surface area contributed by atoms with Crippen LogP contribution in [0.15, 0.2) is 30.3 Å². The van der Waals surface area contributed by atoms with Crippen molar-refractivity contribution >= 4 is 11.4 Å². The Bertz CT molecular complexity index is 822. The summed E-state index contributed by atoms with van der Waals surface area (Å²) in [4.78, 5) is 2.53. The van der Waals surface area contributed by atoms with Gasteiger partial charge in [-0.25, -0.2) is 0 Å². The van der Waals surface area contributed by atoms with Crippen LogP contribution < -0.4 is 15.4 Å². The highest BCUT2D eigenvalue weighted by molar-refractivity contribution is 5.78. The molecular weight excluding hydrogens is 322 g/mol. The molecule has 0 bridgehead atoms. The minimum Gasteiger partial charge on any atom is -0.496 e. The number of ether oxygens (including phenoxy) is 1. The molecule has 0 aliphatic carbocycles. The Labute approximate surface area is 156 Å². The molecule has 26 heavy (non-hydrogen) atoms. The van der Waals surface area contributed by atoms with E-state index in [1.54, 1.807) is 7.11 Å². The van der Waals surface area contributed by atoms with Gasteiger partial charge in [0.15, 0.2) is 0 Å². The normalized spacial score (nSPS) is 18.6. The van der Waals surface area contributed by atoms with E-state index in [2.05, 4.69) is 66.6 Å². The monoisotopic (exact) mass is 351 g/mol. The van der Waals surface area contributed by atoms with E-state index in [0.29, 0.717) is 0 Å². The number of fused-ring (bicyclic) bond motifs is 2. The van der Waals surface area contributed by atoms with Gasteiger partial charge in [0.1, 0.15) is 5.75 Å². The lowest BCUT2D eigenvalue weighted by Crippen LogP contribution is -2.42. The Kier molecular flexibility index (Phi) is 4.41. The number of aryl methyl sites for hydroxylation is 1. The van der Waals surface area contributed by atoms with Crippen molar-refractivity contribution in [2.24, 2.45) is 0 Å². The van der Waals surface area contributed by atoms with Crippen LogP contribution in [-0.2, 0) is 12.0 Å². The van der Waals surface area contributed by atoms with Crippen molar-refractivity contribution in [3.05, 3.63) is 52.6 Å². The Balaban J connectivity index is 1.72. The topological polar surface area (TPSA) is 36.5 Å². The first-order chi connectivity index (χ1) is 12.5. The molecule has 4 rings (SSSR count). The first kappa shape index (κ1) is 17.4. The number of nitrogens with one attached hydrogen (secondary N) is 2. The molecule has 0 atom stereocenters. The number of benzene rings is 2. The molecule has 0 spiro atoms. The van der Waals surface area contributed by atoms with Crippen LogP contribution in [0.25, 0.3) is 0 Å². The molecule has 2 aliphatic rings. The minimum absolute atomic E-state index is 0.103. The van der Waals surface area contributed by atoms with Crippen molar-refractivity contribution in [1.82, 2.24) is 10.2 Å². The first-order valence-corrected chi connectivity index (χ1v) is 9.51. The van der Waals surface area contributed by atoms with E-state index in [4.69, 9.17) is 4.74 Å². The van der Waals surface area contributed by atoms with Crippen LogP contribution in [0.2, 0.25) is 0 Å². The number of anilines is 2. The molecule has 2 aromatic rings. The Morgan fingerprint density at radius 3 is 2.58 bits per heavy atom. The SMILES string of the molecule is COc1cc(C)cc2c1C(C)(C)c1cc(CN3CCNCC3)ccc1N2. The smallest absolute Gasteiger partial charge is 0.125 e. The maximum atomic E-state index is 5.74. The van der Waals surface area contributed by atoms with Gasteiger partial charge in [0.05, 0.1) is 7.11 Å². The van der Waals surface area contributed by atoms with E-state index < -0.39 is 0 Å². The van der Waals surface area contributed by atoms with Gasteiger partial charge in [0.25, 0.3) is 0 Å². The van der Waals surface area contributed by atoms with Gasteiger partial charge >= 0.3 is 0 Å². The van der Waals surface area contributed by atoms with E-state index in [-0.39, 0.29) is 5.41 Å². The predicted molar refractivity (Wildman–Crippen MR) is 108 cm³/mol. The fourth-order valence-electron chi connectivity index (χ4n) is 4.38. The fraction of sp³-hybridized carbons (Fsp3) is 0.455. The van der Waals surface area contributed by atoms with E-state index in [1.165, 1.54) is 27.9 Å². The molecule has 4 heteroatoms. The number of nitrogens with zero attached hydrogens (tertiary/aromatic N) is 1. The van der Waals surface area contributed by atoms with Crippen LogP contribution in [0, 0.1) is 6.92 Å². The summed E-state index contributed by atoms with van der Waals surface area (Å²) in [5, 5.41) is 7.07. The van der Waals surface area contributed by atoms with E-state index in [9.17, 15) is 0 Å². The first-order valence-electron chi connectivity index (χ1n) is 9.51. The maximum Gasteiger partial charge on any atom is 0.125 e. The molecule has 0 aromatic heterocycles. The zero-order chi connectivity index (χ0) is 18.3. The van der Waals surface area contributed by atoms with Gasteiger partial charge in [-0.1, -0.05) is 26.0 Å². The molecule has 2 aromatic carbocycles. The molecule has 2 N–H and O–H groups in total. The average molecular weight is 351 g/mol. The van der Waals surface area contributed by atoms with Crippen molar-refractivity contribution in [1.29, 1.82) is 0 Å². The number of piperazine rings is 1. The molecule has 2 aliphatic heterocycles. The van der Waals surface area contributed by atoms with Crippen LogP contribution in [0.5, 0.6) is 5.75 Å². The molecule has 2 heterocycles. The highest BCUT2D eigenvalue weighted by Crippen LogP contribution is 2.49. The van der Waals surface area contributed by atoms with Gasteiger partial charge < -0.3 is 15.4 Å². The number of methoxy groups -OCH3 is 1. The maximum absolute atomic E-state index is 5.74. The zero-order valence-corrected chi connectivity index (χ0v) is 16.3. The quantitative estimate of drug-likeness (QED) is 0.882. The molecule has 0 amide bonds.